The summed E-state index contributed by atoms with van der Waals surface area (Å²) >= 11 is 1.79. The number of thioether (sulfide) groups is 1. The maximum Gasteiger partial charge on any atom is 0.119 e. The van der Waals surface area contributed by atoms with Crippen LogP contribution in [0, 0.1) is 11.8 Å². The predicted molar refractivity (Wildman–Crippen MR) is 75.0 cm³/mol. The van der Waals surface area contributed by atoms with Crippen LogP contribution in [0.5, 0.6) is 5.75 Å². The van der Waals surface area contributed by atoms with Crippen LogP contribution in [0.25, 0.3) is 0 Å². The van der Waals surface area contributed by atoms with Gasteiger partial charge in [0, 0.05) is 24.2 Å². The monoisotopic (exact) mass is 266 g/mol. The van der Waals surface area contributed by atoms with E-state index in [2.05, 4.69) is 11.8 Å². The number of rotatable bonds is 6. The molecule has 0 aliphatic heterocycles. The minimum absolute atomic E-state index is 0.123. The zero-order valence-electron chi connectivity index (χ0n) is 10.7. The van der Waals surface area contributed by atoms with Crippen molar-refractivity contribution >= 4 is 11.8 Å². The van der Waals surface area contributed by atoms with Gasteiger partial charge in [-0.05, 0) is 23.8 Å². The number of methoxy groups -OCH3 is 2. The van der Waals surface area contributed by atoms with Crippen LogP contribution >= 0.6 is 11.8 Å². The van der Waals surface area contributed by atoms with E-state index in [0.29, 0.717) is 0 Å². The maximum atomic E-state index is 8.75. The molecule has 0 atom stereocenters. The van der Waals surface area contributed by atoms with Crippen molar-refractivity contribution in [2.75, 3.05) is 33.2 Å². The van der Waals surface area contributed by atoms with Crippen LogP contribution in [0.3, 0.4) is 0 Å². The van der Waals surface area contributed by atoms with Gasteiger partial charge in [-0.1, -0.05) is 11.8 Å². The fourth-order valence-electron chi connectivity index (χ4n) is 1.40. The van der Waals surface area contributed by atoms with Gasteiger partial charge >= 0.3 is 0 Å². The molecule has 0 spiro atoms. The molecule has 0 unspecified atom stereocenters. The molecular weight excluding hydrogens is 248 g/mol. The Balaban J connectivity index is 2.76. The number of aliphatic hydroxyl groups excluding tert-OH is 1. The summed E-state index contributed by atoms with van der Waals surface area (Å²) < 4.78 is 10.2. The van der Waals surface area contributed by atoms with Crippen LogP contribution in [0.4, 0.5) is 0 Å². The number of hydrogen-bond acceptors (Lipinski definition) is 4. The van der Waals surface area contributed by atoms with Crippen molar-refractivity contribution in [2.24, 2.45) is 0 Å². The van der Waals surface area contributed by atoms with E-state index in [4.69, 9.17) is 14.6 Å². The molecule has 0 radical (unpaired) electrons. The average Bonchev–Trinajstić information content (AvgIpc) is 2.42. The highest BCUT2D eigenvalue weighted by Gasteiger charge is 2.03. The zero-order valence-corrected chi connectivity index (χ0v) is 11.5. The Morgan fingerprint density at radius 1 is 1.33 bits per heavy atom. The van der Waals surface area contributed by atoms with E-state index >= 15 is 0 Å². The molecule has 0 aliphatic rings. The SMILES string of the molecule is COCCSCc1cc(OC)ccc1C#CCO. The molecule has 1 rings (SSSR count). The Bertz CT molecular complexity index is 421. The highest BCUT2D eigenvalue weighted by molar-refractivity contribution is 7.98. The molecule has 0 fully saturated rings. The molecule has 4 heteroatoms. The third-order valence-corrected chi connectivity index (χ3v) is 3.27. The van der Waals surface area contributed by atoms with Gasteiger partial charge in [0.1, 0.15) is 12.4 Å². The van der Waals surface area contributed by atoms with E-state index < -0.39 is 0 Å². The van der Waals surface area contributed by atoms with Gasteiger partial charge in [0.05, 0.1) is 13.7 Å². The van der Waals surface area contributed by atoms with Crippen LogP contribution < -0.4 is 4.74 Å². The number of hydrogen-bond donors (Lipinski definition) is 1. The van der Waals surface area contributed by atoms with Crippen molar-refractivity contribution < 1.29 is 14.6 Å². The zero-order chi connectivity index (χ0) is 13.2. The summed E-state index contributed by atoms with van der Waals surface area (Å²) in [5.74, 6) is 8.26. The van der Waals surface area contributed by atoms with Gasteiger partial charge in [-0.2, -0.15) is 11.8 Å². The predicted octanol–water partition coefficient (Wildman–Crippen LogP) is 1.92. The molecule has 98 valence electrons. The van der Waals surface area contributed by atoms with Gasteiger partial charge in [-0.25, -0.2) is 0 Å². The molecule has 3 nitrogen and oxygen atoms in total. The second-order valence-corrected chi connectivity index (χ2v) is 4.63. The highest BCUT2D eigenvalue weighted by Crippen LogP contribution is 2.21. The summed E-state index contributed by atoms with van der Waals surface area (Å²) in [4.78, 5) is 0. The smallest absolute Gasteiger partial charge is 0.119 e. The van der Waals surface area contributed by atoms with Crippen molar-refractivity contribution in [3.63, 3.8) is 0 Å². The second kappa shape index (κ2) is 8.87. The van der Waals surface area contributed by atoms with E-state index in [1.807, 2.05) is 18.2 Å². The molecule has 18 heavy (non-hydrogen) atoms. The fourth-order valence-corrected chi connectivity index (χ4v) is 2.29. The van der Waals surface area contributed by atoms with E-state index in [1.165, 1.54) is 0 Å². The lowest BCUT2D eigenvalue weighted by Crippen LogP contribution is -1.95. The largest absolute Gasteiger partial charge is 0.497 e. The van der Waals surface area contributed by atoms with Crippen LogP contribution in [-0.2, 0) is 10.5 Å². The summed E-state index contributed by atoms with van der Waals surface area (Å²) in [6.07, 6.45) is 0. The molecule has 0 heterocycles. The van der Waals surface area contributed by atoms with Gasteiger partial charge in [-0.3, -0.25) is 0 Å². The fraction of sp³-hybridized carbons (Fsp3) is 0.429. The molecule has 0 aliphatic carbocycles. The number of ether oxygens (including phenoxy) is 2. The van der Waals surface area contributed by atoms with Crippen molar-refractivity contribution in [3.8, 4) is 17.6 Å². The van der Waals surface area contributed by atoms with Crippen LogP contribution in [0.1, 0.15) is 11.1 Å². The molecule has 0 saturated heterocycles. The Hall–Kier alpha value is -1.15. The molecule has 1 aromatic rings. The number of benzene rings is 1. The minimum atomic E-state index is -0.123. The van der Waals surface area contributed by atoms with E-state index in [0.717, 1.165) is 35.0 Å². The summed E-state index contributed by atoms with van der Waals surface area (Å²) in [5.41, 5.74) is 2.06. The topological polar surface area (TPSA) is 38.7 Å². The first-order valence-electron chi connectivity index (χ1n) is 5.65. The summed E-state index contributed by atoms with van der Waals surface area (Å²) in [5, 5.41) is 8.75. The van der Waals surface area contributed by atoms with Gasteiger partial charge in [0.25, 0.3) is 0 Å². The Labute approximate surface area is 112 Å². The minimum Gasteiger partial charge on any atom is -0.497 e. The van der Waals surface area contributed by atoms with Gasteiger partial charge in [0.2, 0.25) is 0 Å². The second-order valence-electron chi connectivity index (χ2n) is 3.53. The molecule has 0 amide bonds. The number of aliphatic hydroxyl groups is 1. The molecule has 0 aromatic heterocycles. The summed E-state index contributed by atoms with van der Waals surface area (Å²) in [6.45, 7) is 0.620. The average molecular weight is 266 g/mol. The van der Waals surface area contributed by atoms with E-state index in [1.54, 1.807) is 26.0 Å². The molecule has 0 bridgehead atoms. The van der Waals surface area contributed by atoms with Crippen LogP contribution in [0.15, 0.2) is 18.2 Å². The third kappa shape index (κ3) is 5.01. The van der Waals surface area contributed by atoms with E-state index in [9.17, 15) is 0 Å². The van der Waals surface area contributed by atoms with Gasteiger partial charge < -0.3 is 14.6 Å². The Morgan fingerprint density at radius 3 is 2.83 bits per heavy atom. The van der Waals surface area contributed by atoms with Crippen molar-refractivity contribution in [1.82, 2.24) is 0 Å². The molecular formula is C14H18O3S. The highest BCUT2D eigenvalue weighted by atomic mass is 32.2. The maximum absolute atomic E-state index is 8.75. The molecule has 1 aromatic carbocycles. The normalized spacial score (nSPS) is 9.72. The Kier molecular flexibility index (Phi) is 7.35. The van der Waals surface area contributed by atoms with Gasteiger partial charge in [-0.15, -0.1) is 0 Å². The summed E-state index contributed by atoms with van der Waals surface area (Å²) in [7, 11) is 3.35. The lowest BCUT2D eigenvalue weighted by Gasteiger charge is -2.07. The van der Waals surface area contributed by atoms with E-state index in [-0.39, 0.29) is 6.61 Å². The Morgan fingerprint density at radius 2 is 2.17 bits per heavy atom. The lowest BCUT2D eigenvalue weighted by molar-refractivity contribution is 0.218. The van der Waals surface area contributed by atoms with Crippen LogP contribution in [0.2, 0.25) is 0 Å². The first-order chi connectivity index (χ1) is 8.81. The van der Waals surface area contributed by atoms with Gasteiger partial charge in [0.15, 0.2) is 0 Å². The standard InChI is InChI=1S/C14H18O3S/c1-16-8-9-18-11-13-10-14(17-2)6-5-12(13)4-3-7-15/h5-6,10,15H,7-9,11H2,1-2H3. The van der Waals surface area contributed by atoms with Crippen molar-refractivity contribution in [3.05, 3.63) is 29.3 Å². The quantitative estimate of drug-likeness (QED) is 0.630. The van der Waals surface area contributed by atoms with Crippen molar-refractivity contribution in [1.29, 1.82) is 0 Å². The van der Waals surface area contributed by atoms with Crippen LogP contribution in [-0.4, -0.2) is 38.3 Å². The third-order valence-electron chi connectivity index (χ3n) is 2.30. The first kappa shape index (κ1) is 14.9. The molecule has 1 N–H and O–H groups in total. The lowest BCUT2D eigenvalue weighted by atomic mass is 10.1. The first-order valence-corrected chi connectivity index (χ1v) is 6.80. The summed E-state index contributed by atoms with van der Waals surface area (Å²) in [6, 6.07) is 5.79. The molecule has 0 saturated carbocycles. The van der Waals surface area contributed by atoms with Crippen molar-refractivity contribution in [2.45, 2.75) is 5.75 Å².